The van der Waals surface area contributed by atoms with E-state index in [1.54, 1.807) is 7.11 Å². The fourth-order valence-corrected chi connectivity index (χ4v) is 2.84. The SMILES string of the molecule is C#Cc1cccc(Nc2ncnc3cc(OCCOC)c(OCCOCCN)cc23)c1. The van der Waals surface area contributed by atoms with Gasteiger partial charge in [-0.15, -0.1) is 6.42 Å². The van der Waals surface area contributed by atoms with Crippen LogP contribution in [-0.2, 0) is 9.47 Å². The van der Waals surface area contributed by atoms with Crippen molar-refractivity contribution >= 4 is 22.4 Å². The van der Waals surface area contributed by atoms with E-state index >= 15 is 0 Å². The zero-order chi connectivity index (χ0) is 21.9. The van der Waals surface area contributed by atoms with Crippen LogP contribution < -0.4 is 20.5 Å². The first-order valence-electron chi connectivity index (χ1n) is 9.90. The fraction of sp³-hybridized carbons (Fsp3) is 0.304. The van der Waals surface area contributed by atoms with Gasteiger partial charge < -0.3 is 30.0 Å². The van der Waals surface area contributed by atoms with Gasteiger partial charge in [0.15, 0.2) is 11.5 Å². The predicted molar refractivity (Wildman–Crippen MR) is 120 cm³/mol. The fourth-order valence-electron chi connectivity index (χ4n) is 2.84. The van der Waals surface area contributed by atoms with Crippen LogP contribution in [0.3, 0.4) is 0 Å². The summed E-state index contributed by atoms with van der Waals surface area (Å²) in [6.45, 7) is 2.57. The quantitative estimate of drug-likeness (QED) is 0.339. The van der Waals surface area contributed by atoms with Gasteiger partial charge in [0.2, 0.25) is 0 Å². The van der Waals surface area contributed by atoms with Crippen molar-refractivity contribution in [2.45, 2.75) is 0 Å². The third-order valence-electron chi connectivity index (χ3n) is 4.29. The van der Waals surface area contributed by atoms with Crippen LogP contribution in [0.1, 0.15) is 5.56 Å². The smallest absolute Gasteiger partial charge is 0.163 e. The maximum atomic E-state index is 5.92. The van der Waals surface area contributed by atoms with Crippen molar-refractivity contribution in [3.05, 3.63) is 48.3 Å². The number of methoxy groups -OCH3 is 1. The summed E-state index contributed by atoms with van der Waals surface area (Å²) in [6, 6.07) is 11.2. The minimum atomic E-state index is 0.354. The monoisotopic (exact) mass is 422 g/mol. The molecule has 0 bridgehead atoms. The molecule has 0 atom stereocenters. The molecule has 31 heavy (non-hydrogen) atoms. The number of aromatic nitrogens is 2. The van der Waals surface area contributed by atoms with Crippen LogP contribution in [-0.4, -0.2) is 56.7 Å². The van der Waals surface area contributed by atoms with Crippen molar-refractivity contribution in [2.75, 3.05) is 52.0 Å². The summed E-state index contributed by atoms with van der Waals surface area (Å²) in [5.41, 5.74) is 7.76. The molecule has 162 valence electrons. The third kappa shape index (κ3) is 6.30. The van der Waals surface area contributed by atoms with Crippen LogP contribution in [0, 0.1) is 12.3 Å². The van der Waals surface area contributed by atoms with Gasteiger partial charge >= 0.3 is 0 Å². The Hall–Kier alpha value is -3.38. The summed E-state index contributed by atoms with van der Waals surface area (Å²) in [5.74, 6) is 4.40. The first kappa shape index (κ1) is 22.3. The number of hydrogen-bond donors (Lipinski definition) is 2. The van der Waals surface area contributed by atoms with E-state index < -0.39 is 0 Å². The van der Waals surface area contributed by atoms with Crippen LogP contribution in [0.4, 0.5) is 11.5 Å². The molecule has 0 saturated heterocycles. The summed E-state index contributed by atoms with van der Waals surface area (Å²) in [7, 11) is 1.62. The lowest BCUT2D eigenvalue weighted by Gasteiger charge is -2.15. The summed E-state index contributed by atoms with van der Waals surface area (Å²) < 4.78 is 22.2. The molecule has 0 aliphatic rings. The molecular formula is C23H26N4O4. The lowest BCUT2D eigenvalue weighted by molar-refractivity contribution is 0.102. The van der Waals surface area contributed by atoms with Crippen molar-refractivity contribution in [1.29, 1.82) is 0 Å². The maximum absolute atomic E-state index is 5.92. The Morgan fingerprint density at radius 3 is 2.58 bits per heavy atom. The first-order valence-corrected chi connectivity index (χ1v) is 9.90. The number of nitrogens with one attached hydrogen (secondary N) is 1. The minimum Gasteiger partial charge on any atom is -0.487 e. The summed E-state index contributed by atoms with van der Waals surface area (Å²) >= 11 is 0. The van der Waals surface area contributed by atoms with Crippen molar-refractivity contribution < 1.29 is 18.9 Å². The highest BCUT2D eigenvalue weighted by molar-refractivity contribution is 5.93. The van der Waals surface area contributed by atoms with Gasteiger partial charge in [0.05, 0.1) is 25.3 Å². The topological polar surface area (TPSA) is 101 Å². The number of terminal acetylenes is 1. The average Bonchev–Trinajstić information content (AvgIpc) is 2.79. The van der Waals surface area contributed by atoms with E-state index in [4.69, 9.17) is 31.1 Å². The van der Waals surface area contributed by atoms with E-state index in [1.807, 2.05) is 36.4 Å². The summed E-state index contributed by atoms with van der Waals surface area (Å²) in [6.07, 6.45) is 7.00. The molecule has 3 rings (SSSR count). The number of hydrogen-bond acceptors (Lipinski definition) is 8. The number of rotatable bonds is 12. The lowest BCUT2D eigenvalue weighted by Crippen LogP contribution is -2.13. The standard InChI is InChI=1S/C23H26N4O4/c1-3-17-5-4-6-18(13-17)27-23-19-14-21(31-12-10-29-8-7-24)22(30-11-9-28-2)15-20(19)25-16-26-23/h1,4-6,13-16H,7-12,24H2,2H3,(H,25,26,27). The van der Waals surface area contributed by atoms with E-state index in [0.29, 0.717) is 62.4 Å². The van der Waals surface area contributed by atoms with Crippen LogP contribution in [0.2, 0.25) is 0 Å². The Kier molecular flexibility index (Phi) is 8.43. The zero-order valence-electron chi connectivity index (χ0n) is 17.5. The normalized spacial score (nSPS) is 10.6. The molecule has 3 aromatic rings. The Balaban J connectivity index is 1.89. The van der Waals surface area contributed by atoms with Crippen LogP contribution in [0.5, 0.6) is 11.5 Å². The minimum absolute atomic E-state index is 0.354. The second-order valence-electron chi connectivity index (χ2n) is 6.48. The van der Waals surface area contributed by atoms with Gasteiger partial charge in [0.25, 0.3) is 0 Å². The number of anilines is 2. The molecule has 0 aliphatic heterocycles. The summed E-state index contributed by atoms with van der Waals surface area (Å²) in [4.78, 5) is 8.78. The van der Waals surface area contributed by atoms with E-state index in [-0.39, 0.29) is 0 Å². The van der Waals surface area contributed by atoms with Crippen molar-refractivity contribution in [3.63, 3.8) is 0 Å². The van der Waals surface area contributed by atoms with Gasteiger partial charge in [-0.3, -0.25) is 0 Å². The second kappa shape index (κ2) is 11.7. The molecule has 0 amide bonds. The molecule has 8 nitrogen and oxygen atoms in total. The first-order chi connectivity index (χ1) is 15.2. The molecule has 0 radical (unpaired) electrons. The van der Waals surface area contributed by atoms with E-state index in [0.717, 1.165) is 16.6 Å². The zero-order valence-corrected chi connectivity index (χ0v) is 17.5. The molecular weight excluding hydrogens is 396 g/mol. The molecule has 0 aliphatic carbocycles. The molecule has 0 saturated carbocycles. The molecule has 0 unspecified atom stereocenters. The van der Waals surface area contributed by atoms with E-state index in [2.05, 4.69) is 21.2 Å². The summed E-state index contributed by atoms with van der Waals surface area (Å²) in [5, 5.41) is 4.09. The van der Waals surface area contributed by atoms with Crippen LogP contribution >= 0.6 is 0 Å². The Morgan fingerprint density at radius 2 is 1.81 bits per heavy atom. The van der Waals surface area contributed by atoms with Crippen molar-refractivity contribution in [1.82, 2.24) is 9.97 Å². The second-order valence-corrected chi connectivity index (χ2v) is 6.48. The van der Waals surface area contributed by atoms with Gasteiger partial charge in [-0.1, -0.05) is 12.0 Å². The molecule has 0 spiro atoms. The van der Waals surface area contributed by atoms with Crippen LogP contribution in [0.25, 0.3) is 10.9 Å². The number of nitrogens with two attached hydrogens (primary N) is 1. The van der Waals surface area contributed by atoms with E-state index in [9.17, 15) is 0 Å². The largest absolute Gasteiger partial charge is 0.487 e. The molecule has 1 aromatic heterocycles. The highest BCUT2D eigenvalue weighted by atomic mass is 16.5. The van der Waals surface area contributed by atoms with Crippen molar-refractivity contribution in [2.24, 2.45) is 5.73 Å². The average molecular weight is 422 g/mol. The van der Waals surface area contributed by atoms with Gasteiger partial charge in [0.1, 0.15) is 25.4 Å². The third-order valence-corrected chi connectivity index (χ3v) is 4.29. The van der Waals surface area contributed by atoms with E-state index in [1.165, 1.54) is 6.33 Å². The highest BCUT2D eigenvalue weighted by Crippen LogP contribution is 2.35. The molecule has 2 aromatic carbocycles. The molecule has 1 heterocycles. The Bertz CT molecular complexity index is 1040. The molecule has 0 fully saturated rings. The van der Waals surface area contributed by atoms with Gasteiger partial charge in [0, 0.05) is 36.4 Å². The highest BCUT2D eigenvalue weighted by Gasteiger charge is 2.13. The number of benzene rings is 2. The Morgan fingerprint density at radius 1 is 1.00 bits per heavy atom. The van der Waals surface area contributed by atoms with Gasteiger partial charge in [-0.05, 0) is 24.3 Å². The van der Waals surface area contributed by atoms with Gasteiger partial charge in [-0.25, -0.2) is 9.97 Å². The Labute approximate surface area is 181 Å². The van der Waals surface area contributed by atoms with Crippen molar-refractivity contribution in [3.8, 4) is 23.8 Å². The number of nitrogens with zero attached hydrogens (tertiary/aromatic N) is 2. The number of ether oxygens (including phenoxy) is 4. The lowest BCUT2D eigenvalue weighted by atomic mass is 10.2. The van der Waals surface area contributed by atoms with Crippen LogP contribution in [0.15, 0.2) is 42.7 Å². The number of fused-ring (bicyclic) bond motifs is 1. The maximum Gasteiger partial charge on any atom is 0.163 e. The predicted octanol–water partition coefficient (Wildman–Crippen LogP) is 2.73. The molecule has 3 N–H and O–H groups in total. The molecule has 8 heteroatoms. The van der Waals surface area contributed by atoms with Gasteiger partial charge in [-0.2, -0.15) is 0 Å².